The van der Waals surface area contributed by atoms with Crippen molar-refractivity contribution in [3.05, 3.63) is 46.3 Å². The highest BCUT2D eigenvalue weighted by Gasteiger charge is 2.07. The Hall–Kier alpha value is -1.48. The van der Waals surface area contributed by atoms with Crippen LogP contribution in [0.25, 0.3) is 0 Å². The maximum absolute atomic E-state index is 5.90. The van der Waals surface area contributed by atoms with Crippen molar-refractivity contribution in [1.82, 2.24) is 5.16 Å². The van der Waals surface area contributed by atoms with Gasteiger partial charge in [0.15, 0.2) is 0 Å². The molecule has 84 valence electrons. The van der Waals surface area contributed by atoms with Crippen molar-refractivity contribution in [3.63, 3.8) is 0 Å². The van der Waals surface area contributed by atoms with Crippen molar-refractivity contribution in [1.29, 1.82) is 0 Å². The maximum atomic E-state index is 5.90. The number of aryl methyl sites for hydroxylation is 2. The second-order valence-electron chi connectivity index (χ2n) is 3.67. The molecule has 2 rings (SSSR count). The van der Waals surface area contributed by atoms with Gasteiger partial charge in [-0.05, 0) is 32.0 Å². The minimum absolute atomic E-state index is 0.696. The summed E-state index contributed by atoms with van der Waals surface area (Å²) in [4.78, 5) is 0. The second-order valence-corrected chi connectivity index (χ2v) is 4.10. The molecule has 0 spiro atoms. The standard InChI is InChI=1S/C12H13ClN2O/c1-8-12(9(2)16-15-8)7-14-11-5-3-4-10(13)6-11/h3-6,14H,7H2,1-2H3. The van der Waals surface area contributed by atoms with Gasteiger partial charge < -0.3 is 9.84 Å². The third-order valence-corrected chi connectivity index (χ3v) is 2.71. The summed E-state index contributed by atoms with van der Waals surface area (Å²) in [6, 6.07) is 7.63. The van der Waals surface area contributed by atoms with Crippen LogP contribution in [0.3, 0.4) is 0 Å². The first-order chi connectivity index (χ1) is 7.66. The molecule has 0 bridgehead atoms. The van der Waals surface area contributed by atoms with Crippen molar-refractivity contribution < 1.29 is 4.52 Å². The van der Waals surface area contributed by atoms with E-state index in [0.29, 0.717) is 6.54 Å². The normalized spacial score (nSPS) is 10.4. The molecule has 0 amide bonds. The number of nitrogens with zero attached hydrogens (tertiary/aromatic N) is 1. The number of aromatic nitrogens is 1. The SMILES string of the molecule is Cc1noc(C)c1CNc1cccc(Cl)c1. The second kappa shape index (κ2) is 4.58. The van der Waals surface area contributed by atoms with Crippen molar-refractivity contribution in [3.8, 4) is 0 Å². The Labute approximate surface area is 99.4 Å². The molecule has 0 radical (unpaired) electrons. The summed E-state index contributed by atoms with van der Waals surface area (Å²) < 4.78 is 5.09. The molecule has 1 heterocycles. The van der Waals surface area contributed by atoms with Crippen LogP contribution in [0.2, 0.25) is 5.02 Å². The molecule has 2 aromatic rings. The predicted molar refractivity (Wildman–Crippen MR) is 64.8 cm³/mol. The van der Waals surface area contributed by atoms with Crippen LogP contribution < -0.4 is 5.32 Å². The van der Waals surface area contributed by atoms with Gasteiger partial charge in [0.05, 0.1) is 5.69 Å². The smallest absolute Gasteiger partial charge is 0.138 e. The van der Waals surface area contributed by atoms with E-state index in [9.17, 15) is 0 Å². The molecule has 0 saturated carbocycles. The van der Waals surface area contributed by atoms with Gasteiger partial charge in [-0.15, -0.1) is 0 Å². The largest absolute Gasteiger partial charge is 0.381 e. The molecule has 16 heavy (non-hydrogen) atoms. The van der Waals surface area contributed by atoms with E-state index in [0.717, 1.165) is 27.7 Å². The Morgan fingerprint density at radius 3 is 2.81 bits per heavy atom. The van der Waals surface area contributed by atoms with E-state index in [1.54, 1.807) is 0 Å². The van der Waals surface area contributed by atoms with Crippen LogP contribution in [0.5, 0.6) is 0 Å². The highest BCUT2D eigenvalue weighted by molar-refractivity contribution is 6.30. The fourth-order valence-electron chi connectivity index (χ4n) is 1.54. The number of halogens is 1. The Morgan fingerprint density at radius 1 is 1.38 bits per heavy atom. The Morgan fingerprint density at radius 2 is 2.19 bits per heavy atom. The summed E-state index contributed by atoms with van der Waals surface area (Å²) >= 11 is 5.90. The third kappa shape index (κ3) is 2.36. The summed E-state index contributed by atoms with van der Waals surface area (Å²) in [5, 5.41) is 7.92. The van der Waals surface area contributed by atoms with E-state index in [1.165, 1.54) is 0 Å². The topological polar surface area (TPSA) is 38.1 Å². The first-order valence-corrected chi connectivity index (χ1v) is 5.46. The van der Waals surface area contributed by atoms with Crippen LogP contribution >= 0.6 is 11.6 Å². The molecule has 0 aliphatic rings. The molecule has 0 unspecified atom stereocenters. The van der Waals surface area contributed by atoms with Gasteiger partial charge in [0.1, 0.15) is 5.76 Å². The van der Waals surface area contributed by atoms with E-state index in [-0.39, 0.29) is 0 Å². The van der Waals surface area contributed by atoms with Crippen molar-refractivity contribution in [2.45, 2.75) is 20.4 Å². The van der Waals surface area contributed by atoms with Gasteiger partial charge in [-0.3, -0.25) is 0 Å². The fraction of sp³-hybridized carbons (Fsp3) is 0.250. The van der Waals surface area contributed by atoms with Crippen molar-refractivity contribution in [2.75, 3.05) is 5.32 Å². The lowest BCUT2D eigenvalue weighted by Gasteiger charge is -2.05. The van der Waals surface area contributed by atoms with Gasteiger partial charge in [0, 0.05) is 22.8 Å². The summed E-state index contributed by atoms with van der Waals surface area (Å²) in [5.74, 6) is 0.854. The summed E-state index contributed by atoms with van der Waals surface area (Å²) in [5.41, 5.74) is 3.01. The molecule has 0 saturated heterocycles. The van der Waals surface area contributed by atoms with Crippen LogP contribution in [0.4, 0.5) is 5.69 Å². The van der Waals surface area contributed by atoms with Gasteiger partial charge in [0.25, 0.3) is 0 Å². The number of hydrogen-bond donors (Lipinski definition) is 1. The van der Waals surface area contributed by atoms with E-state index in [4.69, 9.17) is 16.1 Å². The van der Waals surface area contributed by atoms with Gasteiger partial charge in [0.2, 0.25) is 0 Å². The molecule has 1 N–H and O–H groups in total. The minimum atomic E-state index is 0.696. The van der Waals surface area contributed by atoms with Gasteiger partial charge in [-0.25, -0.2) is 0 Å². The average molecular weight is 237 g/mol. The maximum Gasteiger partial charge on any atom is 0.138 e. The zero-order valence-corrected chi connectivity index (χ0v) is 10.0. The third-order valence-electron chi connectivity index (χ3n) is 2.48. The highest BCUT2D eigenvalue weighted by Crippen LogP contribution is 2.18. The Kier molecular flexibility index (Phi) is 3.15. The number of anilines is 1. The number of hydrogen-bond acceptors (Lipinski definition) is 3. The number of benzene rings is 1. The van der Waals surface area contributed by atoms with Crippen LogP contribution in [-0.4, -0.2) is 5.16 Å². The van der Waals surface area contributed by atoms with E-state index >= 15 is 0 Å². The van der Waals surface area contributed by atoms with E-state index < -0.39 is 0 Å². The molecule has 0 atom stereocenters. The van der Waals surface area contributed by atoms with Crippen LogP contribution in [0, 0.1) is 13.8 Å². The minimum Gasteiger partial charge on any atom is -0.381 e. The number of nitrogens with one attached hydrogen (secondary N) is 1. The lowest BCUT2D eigenvalue weighted by Crippen LogP contribution is -2.01. The lowest BCUT2D eigenvalue weighted by molar-refractivity contribution is 0.392. The molecule has 0 fully saturated rings. The molecule has 1 aromatic carbocycles. The zero-order chi connectivity index (χ0) is 11.5. The van der Waals surface area contributed by atoms with Gasteiger partial charge in [-0.1, -0.05) is 22.8 Å². The van der Waals surface area contributed by atoms with Crippen LogP contribution in [0.15, 0.2) is 28.8 Å². The fourth-order valence-corrected chi connectivity index (χ4v) is 1.73. The molecular formula is C12H13ClN2O. The van der Waals surface area contributed by atoms with Gasteiger partial charge in [-0.2, -0.15) is 0 Å². The van der Waals surface area contributed by atoms with Crippen LogP contribution in [-0.2, 0) is 6.54 Å². The molecule has 0 aliphatic heterocycles. The summed E-state index contributed by atoms with van der Waals surface area (Å²) in [6.45, 7) is 4.54. The van der Waals surface area contributed by atoms with E-state index in [2.05, 4.69) is 10.5 Å². The average Bonchev–Trinajstić information content (AvgIpc) is 2.56. The van der Waals surface area contributed by atoms with Gasteiger partial charge >= 0.3 is 0 Å². The highest BCUT2D eigenvalue weighted by atomic mass is 35.5. The first kappa shape index (κ1) is 11.0. The molecule has 3 nitrogen and oxygen atoms in total. The Balaban J connectivity index is 2.08. The quantitative estimate of drug-likeness (QED) is 0.886. The van der Waals surface area contributed by atoms with Crippen molar-refractivity contribution >= 4 is 17.3 Å². The summed E-state index contributed by atoms with van der Waals surface area (Å²) in [7, 11) is 0. The van der Waals surface area contributed by atoms with Crippen LogP contribution in [0.1, 0.15) is 17.0 Å². The predicted octanol–water partition coefficient (Wildman–Crippen LogP) is 3.56. The molecule has 1 aromatic heterocycles. The first-order valence-electron chi connectivity index (χ1n) is 5.08. The molecule has 0 aliphatic carbocycles. The zero-order valence-electron chi connectivity index (χ0n) is 9.25. The lowest BCUT2D eigenvalue weighted by atomic mass is 10.2. The molecule has 4 heteroatoms. The summed E-state index contributed by atoms with van der Waals surface area (Å²) in [6.07, 6.45) is 0. The molecular weight excluding hydrogens is 224 g/mol. The Bertz CT molecular complexity index is 474. The van der Waals surface area contributed by atoms with Crippen molar-refractivity contribution in [2.24, 2.45) is 0 Å². The van der Waals surface area contributed by atoms with E-state index in [1.807, 2.05) is 38.1 Å². The number of rotatable bonds is 3. The monoisotopic (exact) mass is 236 g/mol.